The molecule has 1 aliphatic rings. The molecule has 2 aromatic rings. The van der Waals surface area contributed by atoms with Gasteiger partial charge in [0.25, 0.3) is 0 Å². The van der Waals surface area contributed by atoms with E-state index in [9.17, 15) is 17.6 Å². The Hall–Kier alpha value is -1.88. The average Bonchev–Trinajstić information content (AvgIpc) is 2.65. The van der Waals surface area contributed by atoms with Crippen LogP contribution in [0, 0.1) is 23.3 Å². The summed E-state index contributed by atoms with van der Waals surface area (Å²) in [5, 5.41) is 0. The summed E-state index contributed by atoms with van der Waals surface area (Å²) in [5.74, 6) is -4.35. The van der Waals surface area contributed by atoms with Gasteiger partial charge in [0.15, 0.2) is 17.5 Å². The maximum atomic E-state index is 14.6. The largest absolute Gasteiger partial charge is 0.368 e. The minimum atomic E-state index is -1.51. The smallest absolute Gasteiger partial charge is 0.194 e. The van der Waals surface area contributed by atoms with Gasteiger partial charge in [0.1, 0.15) is 5.82 Å². The SMILES string of the molecule is CCCCCCCc1cc(F)c2c(c1)COC(c1cc(F)c(F)c(F)c1)C2. The van der Waals surface area contributed by atoms with Gasteiger partial charge < -0.3 is 4.74 Å². The van der Waals surface area contributed by atoms with Crippen molar-refractivity contribution in [3.8, 4) is 0 Å². The molecule has 0 saturated carbocycles. The van der Waals surface area contributed by atoms with Gasteiger partial charge in [0.05, 0.1) is 12.7 Å². The van der Waals surface area contributed by atoms with E-state index in [1.807, 2.05) is 6.07 Å². The lowest BCUT2D eigenvalue weighted by molar-refractivity contribution is 0.0257. The van der Waals surface area contributed by atoms with Crippen molar-refractivity contribution < 1.29 is 22.3 Å². The molecule has 27 heavy (non-hydrogen) atoms. The van der Waals surface area contributed by atoms with Gasteiger partial charge in [-0.15, -0.1) is 0 Å². The molecule has 0 bridgehead atoms. The van der Waals surface area contributed by atoms with Crippen molar-refractivity contribution in [2.24, 2.45) is 0 Å². The molecular weight excluding hydrogens is 356 g/mol. The van der Waals surface area contributed by atoms with Gasteiger partial charge in [-0.05, 0) is 53.3 Å². The topological polar surface area (TPSA) is 9.23 Å². The van der Waals surface area contributed by atoms with Crippen LogP contribution in [0.2, 0.25) is 0 Å². The van der Waals surface area contributed by atoms with Crippen molar-refractivity contribution in [1.29, 1.82) is 0 Å². The normalized spacial score (nSPS) is 16.4. The highest BCUT2D eigenvalue weighted by molar-refractivity contribution is 5.36. The van der Waals surface area contributed by atoms with E-state index in [2.05, 4.69) is 6.92 Å². The quantitative estimate of drug-likeness (QED) is 0.300. The van der Waals surface area contributed by atoms with Crippen molar-refractivity contribution in [2.45, 2.75) is 64.6 Å². The van der Waals surface area contributed by atoms with Crippen molar-refractivity contribution in [2.75, 3.05) is 0 Å². The second-order valence-electron chi connectivity index (χ2n) is 7.18. The van der Waals surface area contributed by atoms with Crippen LogP contribution in [-0.4, -0.2) is 0 Å². The van der Waals surface area contributed by atoms with Crippen LogP contribution >= 0.6 is 0 Å². The molecule has 0 fully saturated rings. The predicted molar refractivity (Wildman–Crippen MR) is 96.4 cm³/mol. The molecule has 0 N–H and O–H groups in total. The number of hydrogen-bond donors (Lipinski definition) is 0. The Morgan fingerprint density at radius 1 is 0.889 bits per heavy atom. The monoisotopic (exact) mass is 380 g/mol. The summed E-state index contributed by atoms with van der Waals surface area (Å²) in [5.41, 5.74) is 2.41. The molecule has 1 atom stereocenters. The number of fused-ring (bicyclic) bond motifs is 1. The van der Waals surface area contributed by atoms with E-state index in [1.165, 1.54) is 19.3 Å². The van der Waals surface area contributed by atoms with Crippen molar-refractivity contribution >= 4 is 0 Å². The van der Waals surface area contributed by atoms with Gasteiger partial charge in [0, 0.05) is 6.42 Å². The summed E-state index contributed by atoms with van der Waals surface area (Å²) in [7, 11) is 0. The third kappa shape index (κ3) is 4.70. The number of ether oxygens (including phenoxy) is 1. The van der Waals surface area contributed by atoms with Crippen LogP contribution in [0.25, 0.3) is 0 Å². The van der Waals surface area contributed by atoms with E-state index < -0.39 is 23.6 Å². The van der Waals surface area contributed by atoms with E-state index in [4.69, 9.17) is 4.74 Å². The third-order valence-electron chi connectivity index (χ3n) is 5.12. The van der Waals surface area contributed by atoms with Crippen LogP contribution in [0.4, 0.5) is 17.6 Å². The van der Waals surface area contributed by atoms with Crippen LogP contribution in [0.3, 0.4) is 0 Å². The van der Waals surface area contributed by atoms with Gasteiger partial charge in [-0.1, -0.05) is 38.7 Å². The predicted octanol–water partition coefficient (Wildman–Crippen LogP) is 6.57. The van der Waals surface area contributed by atoms with E-state index in [1.54, 1.807) is 6.07 Å². The number of benzene rings is 2. The van der Waals surface area contributed by atoms with E-state index in [-0.39, 0.29) is 24.4 Å². The van der Waals surface area contributed by atoms with Crippen molar-refractivity contribution in [3.05, 3.63) is 69.8 Å². The zero-order valence-electron chi connectivity index (χ0n) is 15.5. The maximum absolute atomic E-state index is 14.6. The summed E-state index contributed by atoms with van der Waals surface area (Å²) >= 11 is 0. The molecule has 3 rings (SSSR count). The van der Waals surface area contributed by atoms with Gasteiger partial charge in [0.2, 0.25) is 0 Å². The van der Waals surface area contributed by atoms with Crippen molar-refractivity contribution in [3.63, 3.8) is 0 Å². The van der Waals surface area contributed by atoms with Crippen LogP contribution in [0.1, 0.15) is 67.4 Å². The first kappa shape index (κ1) is 19.9. The minimum Gasteiger partial charge on any atom is -0.368 e. The van der Waals surface area contributed by atoms with Crippen LogP contribution in [0.5, 0.6) is 0 Å². The van der Waals surface area contributed by atoms with Crippen LogP contribution in [-0.2, 0) is 24.2 Å². The highest BCUT2D eigenvalue weighted by Crippen LogP contribution is 2.34. The fraction of sp³-hybridized carbons (Fsp3) is 0.455. The molecule has 1 nitrogen and oxygen atoms in total. The molecule has 5 heteroatoms. The molecule has 1 aliphatic heterocycles. The first-order chi connectivity index (χ1) is 13.0. The zero-order chi connectivity index (χ0) is 19.4. The van der Waals surface area contributed by atoms with Crippen LogP contribution in [0.15, 0.2) is 24.3 Å². The molecule has 146 valence electrons. The van der Waals surface area contributed by atoms with Gasteiger partial charge in [-0.25, -0.2) is 17.6 Å². The Morgan fingerprint density at radius 3 is 2.30 bits per heavy atom. The summed E-state index contributed by atoms with van der Waals surface area (Å²) in [6.45, 7) is 2.34. The zero-order valence-corrected chi connectivity index (χ0v) is 15.5. The molecule has 0 saturated heterocycles. The molecule has 2 aromatic carbocycles. The van der Waals surface area contributed by atoms with E-state index >= 15 is 0 Å². The second kappa shape index (κ2) is 8.87. The molecular formula is C22H24F4O. The van der Waals surface area contributed by atoms with E-state index in [0.29, 0.717) is 5.56 Å². The molecule has 0 aromatic heterocycles. The number of halogens is 4. The van der Waals surface area contributed by atoms with E-state index in [0.717, 1.165) is 42.5 Å². The summed E-state index contributed by atoms with van der Waals surface area (Å²) in [6.07, 6.45) is 6.05. The molecule has 0 aliphatic carbocycles. The molecule has 1 heterocycles. The summed E-state index contributed by atoms with van der Waals surface area (Å²) in [4.78, 5) is 0. The fourth-order valence-corrected chi connectivity index (χ4v) is 3.60. The highest BCUT2D eigenvalue weighted by atomic mass is 19.2. The number of aryl methyl sites for hydroxylation is 1. The Bertz CT molecular complexity index is 780. The standard InChI is InChI=1S/C22H24F4O/c1-2-3-4-5-6-7-14-8-16-13-27-21(12-17(16)18(23)9-14)15-10-19(24)22(26)20(25)11-15/h8-11,21H,2-7,12-13H2,1H3. The van der Waals surface area contributed by atoms with Gasteiger partial charge >= 0.3 is 0 Å². The molecule has 0 radical (unpaired) electrons. The first-order valence-corrected chi connectivity index (χ1v) is 9.55. The van der Waals surface area contributed by atoms with Crippen molar-refractivity contribution in [1.82, 2.24) is 0 Å². The van der Waals surface area contributed by atoms with Crippen LogP contribution < -0.4 is 0 Å². The lowest BCUT2D eigenvalue weighted by Crippen LogP contribution is -2.18. The Morgan fingerprint density at radius 2 is 1.59 bits per heavy atom. The molecule has 0 amide bonds. The third-order valence-corrected chi connectivity index (χ3v) is 5.12. The minimum absolute atomic E-state index is 0.168. The lowest BCUT2D eigenvalue weighted by atomic mass is 9.92. The Kier molecular flexibility index (Phi) is 6.53. The number of unbranched alkanes of at least 4 members (excludes halogenated alkanes) is 4. The number of rotatable bonds is 7. The fourth-order valence-electron chi connectivity index (χ4n) is 3.60. The molecule has 0 spiro atoms. The van der Waals surface area contributed by atoms with Gasteiger partial charge in [-0.3, -0.25) is 0 Å². The summed E-state index contributed by atoms with van der Waals surface area (Å²) < 4.78 is 60.4. The second-order valence-corrected chi connectivity index (χ2v) is 7.18. The lowest BCUT2D eigenvalue weighted by Gasteiger charge is -2.27. The first-order valence-electron chi connectivity index (χ1n) is 9.55. The average molecular weight is 380 g/mol. The van der Waals surface area contributed by atoms with Gasteiger partial charge in [-0.2, -0.15) is 0 Å². The maximum Gasteiger partial charge on any atom is 0.194 e. The number of hydrogen-bond acceptors (Lipinski definition) is 1. The Labute approximate surface area is 157 Å². The highest BCUT2D eigenvalue weighted by Gasteiger charge is 2.26. The summed E-state index contributed by atoms with van der Waals surface area (Å²) in [6, 6.07) is 5.33. The Balaban J connectivity index is 1.71. The molecule has 1 unspecified atom stereocenters.